The Hall–Kier alpha value is -1.27. The van der Waals surface area contributed by atoms with Crippen molar-refractivity contribution in [3.05, 3.63) is 17.8 Å². The van der Waals surface area contributed by atoms with E-state index in [0.29, 0.717) is 31.9 Å². The molecule has 1 aromatic heterocycles. The second kappa shape index (κ2) is 6.34. The Morgan fingerprint density at radius 1 is 1.44 bits per heavy atom. The Morgan fingerprint density at radius 2 is 2.19 bits per heavy atom. The minimum absolute atomic E-state index is 0.287. The van der Waals surface area contributed by atoms with E-state index in [2.05, 4.69) is 9.97 Å². The molecule has 0 saturated heterocycles. The second-order valence-electron chi connectivity index (χ2n) is 3.37. The summed E-state index contributed by atoms with van der Waals surface area (Å²) in [6, 6.07) is 0. The van der Waals surface area contributed by atoms with Crippen molar-refractivity contribution in [3.8, 4) is 0 Å². The van der Waals surface area contributed by atoms with Crippen LogP contribution in [0.15, 0.2) is 6.33 Å². The van der Waals surface area contributed by atoms with E-state index >= 15 is 0 Å². The highest BCUT2D eigenvalue weighted by molar-refractivity contribution is 5.40. The van der Waals surface area contributed by atoms with Crippen LogP contribution in [-0.4, -0.2) is 43.3 Å². The summed E-state index contributed by atoms with van der Waals surface area (Å²) in [5, 5.41) is 0. The molecule has 0 aliphatic carbocycles. The van der Waals surface area contributed by atoms with Crippen LogP contribution in [0.5, 0.6) is 0 Å². The maximum absolute atomic E-state index is 13.8. The lowest BCUT2D eigenvalue weighted by molar-refractivity contribution is 0.205. The largest absolute Gasteiger partial charge is 0.383 e. The van der Waals surface area contributed by atoms with Gasteiger partial charge in [-0.3, -0.25) is 0 Å². The first-order chi connectivity index (χ1) is 7.70. The third-order valence-electron chi connectivity index (χ3n) is 2.21. The van der Waals surface area contributed by atoms with Crippen LogP contribution in [0.3, 0.4) is 0 Å². The highest BCUT2D eigenvalue weighted by Gasteiger charge is 2.14. The summed E-state index contributed by atoms with van der Waals surface area (Å²) in [5.41, 5.74) is 5.82. The number of anilines is 1. The lowest BCUT2D eigenvalue weighted by Crippen LogP contribution is -2.34. The van der Waals surface area contributed by atoms with E-state index in [0.717, 1.165) is 0 Å². The molecule has 5 nitrogen and oxygen atoms in total. The van der Waals surface area contributed by atoms with Crippen LogP contribution >= 0.6 is 0 Å². The first-order valence-electron chi connectivity index (χ1n) is 5.11. The van der Waals surface area contributed by atoms with Gasteiger partial charge in [-0.25, -0.2) is 14.4 Å². The maximum Gasteiger partial charge on any atom is 0.186 e. The number of methoxy groups -OCH3 is 1. The monoisotopic (exact) mass is 228 g/mol. The predicted octanol–water partition coefficient (Wildman–Crippen LogP) is 0.336. The van der Waals surface area contributed by atoms with Crippen molar-refractivity contribution in [1.29, 1.82) is 0 Å². The van der Waals surface area contributed by atoms with Gasteiger partial charge in [-0.05, 0) is 6.92 Å². The Morgan fingerprint density at radius 3 is 2.81 bits per heavy atom. The average Bonchev–Trinajstić information content (AvgIpc) is 2.28. The number of aryl methyl sites for hydroxylation is 1. The molecule has 16 heavy (non-hydrogen) atoms. The van der Waals surface area contributed by atoms with Crippen molar-refractivity contribution in [3.63, 3.8) is 0 Å². The van der Waals surface area contributed by atoms with Gasteiger partial charge < -0.3 is 15.4 Å². The fraction of sp³-hybridized carbons (Fsp3) is 0.600. The number of halogens is 1. The third-order valence-corrected chi connectivity index (χ3v) is 2.21. The fourth-order valence-corrected chi connectivity index (χ4v) is 1.35. The van der Waals surface area contributed by atoms with Crippen LogP contribution < -0.4 is 10.6 Å². The van der Waals surface area contributed by atoms with E-state index in [1.54, 1.807) is 18.9 Å². The van der Waals surface area contributed by atoms with Crippen LogP contribution in [0.2, 0.25) is 0 Å². The van der Waals surface area contributed by atoms with Gasteiger partial charge in [-0.15, -0.1) is 0 Å². The molecular formula is C10H17FN4O. The summed E-state index contributed by atoms with van der Waals surface area (Å²) in [6.07, 6.45) is 1.35. The molecule has 0 atom stereocenters. The van der Waals surface area contributed by atoms with Gasteiger partial charge >= 0.3 is 0 Å². The van der Waals surface area contributed by atoms with Gasteiger partial charge in [0.2, 0.25) is 0 Å². The smallest absolute Gasteiger partial charge is 0.186 e. The first kappa shape index (κ1) is 12.8. The van der Waals surface area contributed by atoms with E-state index in [4.69, 9.17) is 10.5 Å². The normalized spacial score (nSPS) is 10.5. The average molecular weight is 228 g/mol. The summed E-state index contributed by atoms with van der Waals surface area (Å²) >= 11 is 0. The molecule has 0 spiro atoms. The zero-order valence-corrected chi connectivity index (χ0v) is 9.61. The summed E-state index contributed by atoms with van der Waals surface area (Å²) in [4.78, 5) is 9.48. The van der Waals surface area contributed by atoms with Gasteiger partial charge in [-0.2, -0.15) is 0 Å². The number of hydrogen-bond donors (Lipinski definition) is 1. The standard InChI is InChI=1S/C10H17FN4O/c1-8-9(11)10(14-7-13-8)15(4-3-12)5-6-16-2/h7H,3-6,12H2,1-2H3. The molecule has 1 rings (SSSR count). The van der Waals surface area contributed by atoms with Crippen molar-refractivity contribution in [2.24, 2.45) is 5.73 Å². The van der Waals surface area contributed by atoms with Crippen LogP contribution in [-0.2, 0) is 4.74 Å². The molecule has 0 unspecified atom stereocenters. The molecule has 6 heteroatoms. The van der Waals surface area contributed by atoms with Crippen LogP contribution in [0.25, 0.3) is 0 Å². The SMILES string of the molecule is COCCN(CCN)c1ncnc(C)c1F. The van der Waals surface area contributed by atoms with E-state index < -0.39 is 5.82 Å². The molecule has 0 fully saturated rings. The molecule has 0 saturated carbocycles. The molecule has 0 radical (unpaired) electrons. The molecule has 90 valence electrons. The molecular weight excluding hydrogens is 211 g/mol. The Balaban J connectivity index is 2.86. The number of aromatic nitrogens is 2. The van der Waals surface area contributed by atoms with Gasteiger partial charge in [0.1, 0.15) is 6.33 Å². The maximum atomic E-state index is 13.8. The van der Waals surface area contributed by atoms with E-state index in [-0.39, 0.29) is 5.82 Å². The zero-order chi connectivity index (χ0) is 12.0. The van der Waals surface area contributed by atoms with E-state index in [1.807, 2.05) is 0 Å². The lowest BCUT2D eigenvalue weighted by atomic mass is 10.3. The highest BCUT2D eigenvalue weighted by Crippen LogP contribution is 2.16. The lowest BCUT2D eigenvalue weighted by Gasteiger charge is -2.23. The highest BCUT2D eigenvalue weighted by atomic mass is 19.1. The Bertz CT molecular complexity index is 335. The summed E-state index contributed by atoms with van der Waals surface area (Å²) in [7, 11) is 1.60. The summed E-state index contributed by atoms with van der Waals surface area (Å²) < 4.78 is 18.7. The molecule has 0 aliphatic heterocycles. The molecule has 0 bridgehead atoms. The van der Waals surface area contributed by atoms with Crippen LogP contribution in [0.1, 0.15) is 5.69 Å². The fourth-order valence-electron chi connectivity index (χ4n) is 1.35. The van der Waals surface area contributed by atoms with Crippen molar-refractivity contribution in [1.82, 2.24) is 9.97 Å². The van der Waals surface area contributed by atoms with Crippen LogP contribution in [0.4, 0.5) is 10.2 Å². The van der Waals surface area contributed by atoms with E-state index in [1.165, 1.54) is 6.33 Å². The molecule has 1 heterocycles. The van der Waals surface area contributed by atoms with E-state index in [9.17, 15) is 4.39 Å². The Labute approximate surface area is 94.4 Å². The second-order valence-corrected chi connectivity index (χ2v) is 3.37. The van der Waals surface area contributed by atoms with Crippen molar-refractivity contribution < 1.29 is 9.13 Å². The van der Waals surface area contributed by atoms with Gasteiger partial charge in [0.15, 0.2) is 11.6 Å². The molecule has 0 aromatic carbocycles. The van der Waals surface area contributed by atoms with Gasteiger partial charge in [0.05, 0.1) is 12.3 Å². The van der Waals surface area contributed by atoms with Crippen molar-refractivity contribution in [2.45, 2.75) is 6.92 Å². The number of rotatable bonds is 6. The predicted molar refractivity (Wildman–Crippen MR) is 59.9 cm³/mol. The molecule has 1 aromatic rings. The van der Waals surface area contributed by atoms with Gasteiger partial charge in [0.25, 0.3) is 0 Å². The molecule has 0 amide bonds. The number of nitrogens with zero attached hydrogens (tertiary/aromatic N) is 3. The topological polar surface area (TPSA) is 64.3 Å². The number of ether oxygens (including phenoxy) is 1. The summed E-state index contributed by atoms with van der Waals surface area (Å²) in [5.74, 6) is -0.109. The number of hydrogen-bond acceptors (Lipinski definition) is 5. The molecule has 0 aliphatic rings. The van der Waals surface area contributed by atoms with Crippen LogP contribution in [0, 0.1) is 12.7 Å². The minimum atomic E-state index is -0.396. The minimum Gasteiger partial charge on any atom is -0.383 e. The first-order valence-corrected chi connectivity index (χ1v) is 5.11. The summed E-state index contributed by atoms with van der Waals surface area (Å²) in [6.45, 7) is 3.64. The quantitative estimate of drug-likeness (QED) is 0.760. The van der Waals surface area contributed by atoms with Crippen molar-refractivity contribution in [2.75, 3.05) is 38.3 Å². The van der Waals surface area contributed by atoms with Gasteiger partial charge in [-0.1, -0.05) is 0 Å². The molecule has 2 N–H and O–H groups in total. The van der Waals surface area contributed by atoms with Gasteiger partial charge in [0, 0.05) is 26.7 Å². The van der Waals surface area contributed by atoms with Crippen molar-refractivity contribution >= 4 is 5.82 Å². The third kappa shape index (κ3) is 3.11. The zero-order valence-electron chi connectivity index (χ0n) is 9.61. The Kier molecular flexibility index (Phi) is 5.07. The number of nitrogens with two attached hydrogens (primary N) is 1.